The fourth-order valence-electron chi connectivity index (χ4n) is 7.67. The van der Waals surface area contributed by atoms with Gasteiger partial charge in [-0.3, -0.25) is 4.79 Å². The van der Waals surface area contributed by atoms with Crippen molar-refractivity contribution in [3.05, 3.63) is 24.3 Å². The predicted molar refractivity (Wildman–Crippen MR) is 127 cm³/mol. The lowest BCUT2D eigenvalue weighted by Gasteiger charge is -2.57. The maximum absolute atomic E-state index is 13.0. The van der Waals surface area contributed by atoms with Crippen LogP contribution in [0.2, 0.25) is 0 Å². The second-order valence-corrected chi connectivity index (χ2v) is 10.7. The molecular formula is C24H35Cl2N3O. The van der Waals surface area contributed by atoms with Gasteiger partial charge < -0.3 is 16.0 Å². The lowest BCUT2D eigenvalue weighted by atomic mass is 9.53. The first kappa shape index (κ1) is 22.2. The number of nitrogens with one attached hydrogen (secondary N) is 3. The Morgan fingerprint density at radius 2 is 1.43 bits per heavy atom. The molecule has 6 fully saturated rings. The standard InChI is InChI=1S/C24H33N3O.2ClH/c28-22(19-15-23(19)5-7-25-8-6-23)26-20-3-1-2-4-21(20)27-24-12-16-9-17(13-24)11-18(10-16)14-24;;/h1-4,16-19,25,27H,5-15H2,(H,26,28);2*1H. The molecule has 1 saturated heterocycles. The summed E-state index contributed by atoms with van der Waals surface area (Å²) >= 11 is 0. The van der Waals surface area contributed by atoms with E-state index in [0.717, 1.165) is 61.5 Å². The molecular weight excluding hydrogens is 417 g/mol. The summed E-state index contributed by atoms with van der Waals surface area (Å²) in [6, 6.07) is 8.40. The van der Waals surface area contributed by atoms with E-state index in [-0.39, 0.29) is 47.6 Å². The van der Waals surface area contributed by atoms with Gasteiger partial charge in [-0.05, 0) is 106 Å². The molecule has 1 aliphatic heterocycles. The van der Waals surface area contributed by atoms with E-state index in [1.165, 1.54) is 38.5 Å². The minimum absolute atomic E-state index is 0. The third kappa shape index (κ3) is 3.84. The first-order valence-electron chi connectivity index (χ1n) is 11.5. The Morgan fingerprint density at radius 1 is 0.867 bits per heavy atom. The topological polar surface area (TPSA) is 53.2 Å². The Hall–Kier alpha value is -0.970. The largest absolute Gasteiger partial charge is 0.378 e. The van der Waals surface area contributed by atoms with Crippen LogP contribution in [-0.2, 0) is 4.79 Å². The first-order valence-corrected chi connectivity index (χ1v) is 11.5. The van der Waals surface area contributed by atoms with Crippen LogP contribution in [-0.4, -0.2) is 24.5 Å². The average Bonchev–Trinajstić information content (AvgIpc) is 3.35. The number of amides is 1. The Labute approximate surface area is 192 Å². The summed E-state index contributed by atoms with van der Waals surface area (Å²) in [6.45, 7) is 2.13. The molecule has 5 aliphatic carbocycles. The highest BCUT2D eigenvalue weighted by Gasteiger charge is 2.57. The van der Waals surface area contributed by atoms with Gasteiger partial charge in [0, 0.05) is 11.5 Å². The second-order valence-electron chi connectivity index (χ2n) is 10.7. The van der Waals surface area contributed by atoms with Crippen LogP contribution in [0.25, 0.3) is 0 Å². The lowest BCUT2D eigenvalue weighted by molar-refractivity contribution is -0.118. The summed E-state index contributed by atoms with van der Waals surface area (Å²) in [5, 5.41) is 10.7. The molecule has 30 heavy (non-hydrogen) atoms. The molecule has 1 aromatic carbocycles. The van der Waals surface area contributed by atoms with Crippen LogP contribution in [0.15, 0.2) is 24.3 Å². The van der Waals surface area contributed by atoms with Crippen LogP contribution in [0.1, 0.15) is 57.8 Å². The molecule has 6 heteroatoms. The van der Waals surface area contributed by atoms with E-state index in [4.69, 9.17) is 0 Å². The van der Waals surface area contributed by atoms with E-state index in [9.17, 15) is 4.79 Å². The SMILES string of the molecule is Cl.Cl.O=C(Nc1ccccc1NC12CC3CC(CC(C3)C1)C2)C1CC12CCNCC2. The third-order valence-electron chi connectivity index (χ3n) is 8.73. The van der Waals surface area contributed by atoms with Crippen molar-refractivity contribution in [1.29, 1.82) is 0 Å². The molecule has 4 nitrogen and oxygen atoms in total. The maximum Gasteiger partial charge on any atom is 0.228 e. The van der Waals surface area contributed by atoms with Gasteiger partial charge in [0.1, 0.15) is 0 Å². The fraction of sp³-hybridized carbons (Fsp3) is 0.708. The number of anilines is 2. The van der Waals surface area contributed by atoms with Crippen molar-refractivity contribution < 1.29 is 4.79 Å². The van der Waals surface area contributed by atoms with Gasteiger partial charge in [0.2, 0.25) is 5.91 Å². The van der Waals surface area contributed by atoms with Crippen LogP contribution in [0.3, 0.4) is 0 Å². The zero-order chi connectivity index (χ0) is 18.8. The normalized spacial score (nSPS) is 37.1. The van der Waals surface area contributed by atoms with E-state index >= 15 is 0 Å². The lowest BCUT2D eigenvalue weighted by Crippen LogP contribution is -2.54. The first-order chi connectivity index (χ1) is 13.6. The molecule has 1 atom stereocenters. The van der Waals surface area contributed by atoms with Gasteiger partial charge in [-0.1, -0.05) is 12.1 Å². The highest BCUT2D eigenvalue weighted by Crippen LogP contribution is 2.59. The zero-order valence-electron chi connectivity index (χ0n) is 17.6. The Balaban J connectivity index is 0.00000109. The molecule has 0 radical (unpaired) electrons. The minimum atomic E-state index is 0. The molecule has 166 valence electrons. The van der Waals surface area contributed by atoms with Crippen molar-refractivity contribution in [3.63, 3.8) is 0 Å². The summed E-state index contributed by atoms with van der Waals surface area (Å²) in [5.74, 6) is 3.22. The third-order valence-corrected chi connectivity index (χ3v) is 8.73. The number of rotatable bonds is 4. The van der Waals surface area contributed by atoms with Gasteiger partial charge in [-0.15, -0.1) is 24.8 Å². The number of hydrogen-bond acceptors (Lipinski definition) is 3. The van der Waals surface area contributed by atoms with Gasteiger partial charge in [0.15, 0.2) is 0 Å². The Bertz CT molecular complexity index is 757. The van der Waals surface area contributed by atoms with Gasteiger partial charge in [0.05, 0.1) is 11.4 Å². The van der Waals surface area contributed by atoms with Gasteiger partial charge >= 0.3 is 0 Å². The number of benzene rings is 1. The molecule has 1 heterocycles. The van der Waals surface area contributed by atoms with E-state index in [2.05, 4.69) is 34.1 Å². The van der Waals surface area contributed by atoms with E-state index in [0.29, 0.717) is 0 Å². The van der Waals surface area contributed by atoms with E-state index < -0.39 is 0 Å². The van der Waals surface area contributed by atoms with E-state index in [1.54, 1.807) is 0 Å². The second kappa shape index (κ2) is 8.18. The number of hydrogen-bond donors (Lipinski definition) is 3. The highest BCUT2D eigenvalue weighted by molar-refractivity contribution is 5.97. The quantitative estimate of drug-likeness (QED) is 0.586. The summed E-state index contributed by atoms with van der Waals surface area (Å²) in [6.07, 6.45) is 11.7. The molecule has 3 N–H and O–H groups in total. The number of para-hydroxylation sites is 2. The zero-order valence-corrected chi connectivity index (χ0v) is 19.3. The molecule has 1 unspecified atom stereocenters. The predicted octanol–water partition coefficient (Wildman–Crippen LogP) is 5.24. The van der Waals surface area contributed by atoms with Gasteiger partial charge in [0.25, 0.3) is 0 Å². The minimum Gasteiger partial charge on any atom is -0.378 e. The number of piperidine rings is 1. The summed E-state index contributed by atoms with van der Waals surface area (Å²) in [4.78, 5) is 13.0. The fourth-order valence-corrected chi connectivity index (χ4v) is 7.67. The molecule has 6 aliphatic rings. The van der Waals surface area contributed by atoms with Crippen LogP contribution in [0.5, 0.6) is 0 Å². The molecule has 7 rings (SSSR count). The smallest absolute Gasteiger partial charge is 0.228 e. The molecule has 1 spiro atoms. The molecule has 1 aromatic rings. The molecule has 0 aromatic heterocycles. The van der Waals surface area contributed by atoms with Crippen LogP contribution in [0, 0.1) is 29.1 Å². The number of carbonyl (C=O) groups is 1. The van der Waals surface area contributed by atoms with Crippen LogP contribution >= 0.6 is 24.8 Å². The molecule has 5 saturated carbocycles. The van der Waals surface area contributed by atoms with Crippen molar-refractivity contribution in [2.75, 3.05) is 23.7 Å². The van der Waals surface area contributed by atoms with Crippen LogP contribution in [0.4, 0.5) is 11.4 Å². The summed E-state index contributed by atoms with van der Waals surface area (Å²) in [5.41, 5.74) is 2.68. The molecule has 1 amide bonds. The summed E-state index contributed by atoms with van der Waals surface area (Å²) in [7, 11) is 0. The Morgan fingerprint density at radius 3 is 2.03 bits per heavy atom. The van der Waals surface area contributed by atoms with Crippen molar-refractivity contribution in [1.82, 2.24) is 5.32 Å². The Kier molecular flexibility index (Phi) is 6.06. The number of carbonyl (C=O) groups excluding carboxylic acids is 1. The summed E-state index contributed by atoms with van der Waals surface area (Å²) < 4.78 is 0. The van der Waals surface area contributed by atoms with Crippen molar-refractivity contribution >= 4 is 42.1 Å². The van der Waals surface area contributed by atoms with Crippen LogP contribution < -0.4 is 16.0 Å². The van der Waals surface area contributed by atoms with Crippen molar-refractivity contribution in [2.24, 2.45) is 29.1 Å². The molecule has 4 bridgehead atoms. The van der Waals surface area contributed by atoms with E-state index in [1.807, 2.05) is 6.07 Å². The van der Waals surface area contributed by atoms with Crippen molar-refractivity contribution in [2.45, 2.75) is 63.3 Å². The maximum atomic E-state index is 13.0. The highest BCUT2D eigenvalue weighted by atomic mass is 35.5. The average molecular weight is 452 g/mol. The van der Waals surface area contributed by atoms with Gasteiger partial charge in [-0.2, -0.15) is 0 Å². The number of halogens is 2. The van der Waals surface area contributed by atoms with Gasteiger partial charge in [-0.25, -0.2) is 0 Å². The van der Waals surface area contributed by atoms with Crippen molar-refractivity contribution in [3.8, 4) is 0 Å². The monoisotopic (exact) mass is 451 g/mol.